The van der Waals surface area contributed by atoms with Crippen molar-refractivity contribution in [2.24, 2.45) is 35.0 Å². The summed E-state index contributed by atoms with van der Waals surface area (Å²) in [5.74, 6) is 4.39. The maximum absolute atomic E-state index is 10.9. The highest BCUT2D eigenvalue weighted by atomic mass is 16.5. The van der Waals surface area contributed by atoms with Gasteiger partial charge in [0.25, 0.3) is 0 Å². The van der Waals surface area contributed by atoms with E-state index in [0.717, 1.165) is 42.4 Å². The molecule has 4 fully saturated rings. The normalized spacial score (nSPS) is 51.5. The van der Waals surface area contributed by atoms with Crippen LogP contribution in [-0.2, 0) is 4.74 Å². The molecule has 0 aromatic rings. The number of hydrogen-bond donors (Lipinski definition) is 1. The number of methoxy groups -OCH3 is 1. The van der Waals surface area contributed by atoms with E-state index >= 15 is 0 Å². The zero-order chi connectivity index (χ0) is 17.7. The number of fused-ring (bicyclic) bond motifs is 5. The van der Waals surface area contributed by atoms with Crippen LogP contribution in [0.15, 0.2) is 11.6 Å². The lowest BCUT2D eigenvalue weighted by molar-refractivity contribution is -0.0975. The second-order valence-corrected chi connectivity index (χ2v) is 10.00. The number of ether oxygens (including phenoxy) is 1. The molecule has 7 atom stereocenters. The molecule has 4 saturated carbocycles. The first-order chi connectivity index (χ1) is 12.0. The predicted molar refractivity (Wildman–Crippen MR) is 102 cm³/mol. The summed E-state index contributed by atoms with van der Waals surface area (Å²) in [5, 5.41) is 10.9. The fourth-order valence-corrected chi connectivity index (χ4v) is 7.89. The van der Waals surface area contributed by atoms with Crippen LogP contribution in [0.25, 0.3) is 0 Å². The predicted octanol–water partition coefficient (Wildman–Crippen LogP) is 5.35. The van der Waals surface area contributed by atoms with E-state index in [1.54, 1.807) is 12.7 Å². The van der Waals surface area contributed by atoms with Gasteiger partial charge in [-0.3, -0.25) is 0 Å². The molecule has 0 unspecified atom stereocenters. The van der Waals surface area contributed by atoms with Gasteiger partial charge in [-0.15, -0.1) is 0 Å². The molecule has 2 heteroatoms. The van der Waals surface area contributed by atoms with E-state index < -0.39 is 5.60 Å². The van der Waals surface area contributed by atoms with Gasteiger partial charge in [0.2, 0.25) is 0 Å². The molecule has 0 saturated heterocycles. The summed E-state index contributed by atoms with van der Waals surface area (Å²) in [5.41, 5.74) is 1.71. The zero-order valence-corrected chi connectivity index (χ0v) is 16.6. The van der Waals surface area contributed by atoms with Crippen LogP contribution in [0.5, 0.6) is 0 Å². The molecule has 0 spiro atoms. The minimum absolute atomic E-state index is 0.501. The average Bonchev–Trinajstić information content (AvgIpc) is 2.81. The third-order valence-corrected chi connectivity index (χ3v) is 8.95. The van der Waals surface area contributed by atoms with Gasteiger partial charge in [0, 0.05) is 7.11 Å². The van der Waals surface area contributed by atoms with Crippen molar-refractivity contribution in [3.8, 4) is 0 Å². The molecule has 1 N–H and O–H groups in total. The molecule has 0 aliphatic heterocycles. The molecule has 0 amide bonds. The Labute approximate surface area is 154 Å². The largest absolute Gasteiger partial charge is 0.387 e. The maximum Gasteiger partial charge on any atom is 0.0882 e. The van der Waals surface area contributed by atoms with Gasteiger partial charge in [-0.25, -0.2) is 0 Å². The van der Waals surface area contributed by atoms with Crippen LogP contribution in [0.1, 0.15) is 78.1 Å². The first-order valence-corrected chi connectivity index (χ1v) is 10.9. The van der Waals surface area contributed by atoms with Gasteiger partial charge in [-0.1, -0.05) is 31.4 Å². The molecule has 142 valence electrons. The Bertz CT molecular complexity index is 526. The van der Waals surface area contributed by atoms with Crippen molar-refractivity contribution < 1.29 is 9.84 Å². The lowest BCUT2D eigenvalue weighted by atomic mass is 9.54. The molecule has 2 nitrogen and oxygen atoms in total. The number of hydrogen-bond acceptors (Lipinski definition) is 2. The molecule has 0 aromatic heterocycles. The molecular formula is C23H38O2. The second-order valence-electron chi connectivity index (χ2n) is 10.00. The van der Waals surface area contributed by atoms with Crippen LogP contribution in [0.4, 0.5) is 0 Å². The summed E-state index contributed by atoms with van der Waals surface area (Å²) in [6.45, 7) is 5.36. The topological polar surface area (TPSA) is 29.5 Å². The van der Waals surface area contributed by atoms with Gasteiger partial charge in [0.05, 0.1) is 12.2 Å². The van der Waals surface area contributed by atoms with Crippen molar-refractivity contribution in [3.63, 3.8) is 0 Å². The molecule has 25 heavy (non-hydrogen) atoms. The van der Waals surface area contributed by atoms with Crippen LogP contribution in [0.2, 0.25) is 0 Å². The summed E-state index contributed by atoms with van der Waals surface area (Å²) < 4.78 is 5.34. The molecule has 0 heterocycles. The molecule has 4 aliphatic rings. The van der Waals surface area contributed by atoms with Crippen molar-refractivity contribution >= 4 is 0 Å². The number of aliphatic hydroxyl groups is 1. The van der Waals surface area contributed by atoms with E-state index in [1.807, 2.05) is 0 Å². The van der Waals surface area contributed by atoms with Crippen LogP contribution >= 0.6 is 0 Å². The van der Waals surface area contributed by atoms with Crippen LogP contribution in [0, 0.1) is 35.0 Å². The Balaban J connectivity index is 1.55. The van der Waals surface area contributed by atoms with Crippen LogP contribution in [-0.4, -0.2) is 24.4 Å². The highest BCUT2D eigenvalue weighted by Crippen LogP contribution is 2.63. The smallest absolute Gasteiger partial charge is 0.0882 e. The van der Waals surface area contributed by atoms with Crippen molar-refractivity contribution in [3.05, 3.63) is 11.6 Å². The third kappa shape index (κ3) is 2.92. The van der Waals surface area contributed by atoms with Gasteiger partial charge < -0.3 is 9.84 Å². The van der Waals surface area contributed by atoms with Crippen molar-refractivity contribution in [1.82, 2.24) is 0 Å². The van der Waals surface area contributed by atoms with E-state index in [-0.39, 0.29) is 0 Å². The van der Waals surface area contributed by atoms with Gasteiger partial charge in [-0.05, 0) is 93.3 Å². The van der Waals surface area contributed by atoms with Gasteiger partial charge in [0.15, 0.2) is 0 Å². The maximum atomic E-state index is 10.9. The van der Waals surface area contributed by atoms with Crippen molar-refractivity contribution in [2.45, 2.75) is 83.7 Å². The Kier molecular flexibility index (Phi) is 4.82. The standard InChI is InChI=1S/C23H38O2/c1-4-17-8-9-21-20-7-5-6-16-14-23(24,15-25-3)13-11-18(16)19(20)10-12-22(17,21)2/h4,16,18-21,24H,5-15H2,1-3H3/b17-4-/t16-,18+,19-,20+,21+,22-,23+/m1/s1. The second kappa shape index (κ2) is 6.68. The van der Waals surface area contributed by atoms with Gasteiger partial charge >= 0.3 is 0 Å². The first kappa shape index (κ1) is 18.0. The first-order valence-electron chi connectivity index (χ1n) is 10.9. The number of allylic oxidation sites excluding steroid dienone is 2. The zero-order valence-electron chi connectivity index (χ0n) is 16.6. The summed E-state index contributed by atoms with van der Waals surface area (Å²) in [6, 6.07) is 0. The molecule has 4 rings (SSSR count). The minimum atomic E-state index is -0.551. The Morgan fingerprint density at radius 2 is 1.88 bits per heavy atom. The highest BCUT2D eigenvalue weighted by molar-refractivity contribution is 5.22. The fourth-order valence-electron chi connectivity index (χ4n) is 7.89. The molecule has 4 aliphatic carbocycles. The summed E-state index contributed by atoms with van der Waals surface area (Å²) in [4.78, 5) is 0. The van der Waals surface area contributed by atoms with Crippen molar-refractivity contribution in [1.29, 1.82) is 0 Å². The Morgan fingerprint density at radius 1 is 1.08 bits per heavy atom. The quantitative estimate of drug-likeness (QED) is 0.683. The fraction of sp³-hybridized carbons (Fsp3) is 0.913. The monoisotopic (exact) mass is 346 g/mol. The lowest BCUT2D eigenvalue weighted by Crippen LogP contribution is -2.47. The summed E-state index contributed by atoms with van der Waals surface area (Å²) in [6.07, 6.45) is 15.4. The minimum Gasteiger partial charge on any atom is -0.387 e. The summed E-state index contributed by atoms with van der Waals surface area (Å²) in [7, 11) is 1.73. The van der Waals surface area contributed by atoms with E-state index in [9.17, 15) is 5.11 Å². The highest BCUT2D eigenvalue weighted by Gasteiger charge is 2.54. The van der Waals surface area contributed by atoms with E-state index in [4.69, 9.17) is 4.74 Å². The third-order valence-electron chi connectivity index (χ3n) is 8.95. The van der Waals surface area contributed by atoms with Crippen LogP contribution in [0.3, 0.4) is 0 Å². The van der Waals surface area contributed by atoms with E-state index in [0.29, 0.717) is 12.0 Å². The Hall–Kier alpha value is -0.340. The van der Waals surface area contributed by atoms with Crippen LogP contribution < -0.4 is 0 Å². The molecule has 0 radical (unpaired) electrons. The van der Waals surface area contributed by atoms with Crippen molar-refractivity contribution in [2.75, 3.05) is 13.7 Å². The molecule has 0 bridgehead atoms. The average molecular weight is 347 g/mol. The Morgan fingerprint density at radius 3 is 2.64 bits per heavy atom. The molecular weight excluding hydrogens is 308 g/mol. The lowest BCUT2D eigenvalue weighted by Gasteiger charge is -2.51. The van der Waals surface area contributed by atoms with Gasteiger partial charge in [0.1, 0.15) is 0 Å². The number of rotatable bonds is 2. The summed E-state index contributed by atoms with van der Waals surface area (Å²) >= 11 is 0. The van der Waals surface area contributed by atoms with E-state index in [2.05, 4.69) is 19.9 Å². The molecule has 0 aromatic carbocycles. The van der Waals surface area contributed by atoms with Gasteiger partial charge in [-0.2, -0.15) is 0 Å². The SMILES string of the molecule is C/C=C1/CC[C@H]2[C@H]3CCC[C@@H]4C[C@](O)(COC)CC[C@@H]4[C@H]3CC[C@]12C. The van der Waals surface area contributed by atoms with E-state index in [1.165, 1.54) is 51.4 Å².